The molecule has 0 saturated carbocycles. The number of carbonyl (C=O) groups excluding carboxylic acids is 1. The molecule has 0 atom stereocenters. The molecule has 1 aliphatic carbocycles. The summed E-state index contributed by atoms with van der Waals surface area (Å²) in [4.78, 5) is 39.6. The second-order valence-corrected chi connectivity index (χ2v) is 7.52. The Bertz CT molecular complexity index is 1350. The molecule has 3 aromatic rings. The molecule has 2 N–H and O–H groups in total. The number of ketones is 1. The highest BCUT2D eigenvalue weighted by atomic mass is 79.9. The first-order valence-electron chi connectivity index (χ1n) is 8.75. The fourth-order valence-electron chi connectivity index (χ4n) is 3.33. The van der Waals surface area contributed by atoms with Crippen LogP contribution in [0.2, 0.25) is 0 Å². The van der Waals surface area contributed by atoms with Crippen molar-refractivity contribution in [2.45, 2.75) is 6.92 Å². The molecule has 6 nitrogen and oxygen atoms in total. The molecule has 0 amide bonds. The minimum Gasteiger partial charge on any atom is -0.494 e. The van der Waals surface area contributed by atoms with Crippen LogP contribution < -0.4 is 11.2 Å². The number of allylic oxidation sites excluding steroid dienone is 2. The van der Waals surface area contributed by atoms with Gasteiger partial charge in [0.2, 0.25) is 5.88 Å². The van der Waals surface area contributed by atoms with E-state index in [0.29, 0.717) is 16.8 Å². The summed E-state index contributed by atoms with van der Waals surface area (Å²) in [5, 5.41) is 10.8. The Labute approximate surface area is 173 Å². The standard InChI is InChI=1S/C22H15BrN2O4/c1-12-10-14(23)7-8-18(12)25-21(28)17(20(27)24-22(25)29)11-16-15-5-3-2-4-13(15)6-9-19(16)26/h2-11,28H,1H3,(H,24,27,29). The lowest BCUT2D eigenvalue weighted by atomic mass is 9.90. The van der Waals surface area contributed by atoms with E-state index < -0.39 is 17.1 Å². The Morgan fingerprint density at radius 3 is 2.59 bits per heavy atom. The van der Waals surface area contributed by atoms with E-state index in [1.54, 1.807) is 43.3 Å². The maximum atomic E-state index is 12.5. The van der Waals surface area contributed by atoms with E-state index in [-0.39, 0.29) is 16.9 Å². The van der Waals surface area contributed by atoms with Crippen molar-refractivity contribution in [3.63, 3.8) is 0 Å². The van der Waals surface area contributed by atoms with Crippen molar-refractivity contribution in [2.24, 2.45) is 0 Å². The van der Waals surface area contributed by atoms with E-state index >= 15 is 0 Å². The Morgan fingerprint density at radius 2 is 1.83 bits per heavy atom. The molecule has 0 aliphatic heterocycles. The van der Waals surface area contributed by atoms with Crippen molar-refractivity contribution in [3.8, 4) is 11.6 Å². The second-order valence-electron chi connectivity index (χ2n) is 6.61. The highest BCUT2D eigenvalue weighted by Gasteiger charge is 2.21. The number of carbonyl (C=O) groups is 1. The van der Waals surface area contributed by atoms with Crippen LogP contribution in [0.1, 0.15) is 22.3 Å². The summed E-state index contributed by atoms with van der Waals surface area (Å²) in [6.07, 6.45) is 4.43. The molecule has 0 saturated heterocycles. The van der Waals surface area contributed by atoms with Gasteiger partial charge in [0.15, 0.2) is 5.78 Å². The largest absolute Gasteiger partial charge is 0.494 e. The Hall–Kier alpha value is -3.45. The number of hydrogen-bond donors (Lipinski definition) is 2. The molecule has 1 heterocycles. The maximum Gasteiger partial charge on any atom is 0.335 e. The molecule has 1 aromatic heterocycles. The van der Waals surface area contributed by atoms with Crippen LogP contribution in [0, 0.1) is 6.92 Å². The van der Waals surface area contributed by atoms with Gasteiger partial charge in [-0.15, -0.1) is 0 Å². The number of halogens is 1. The summed E-state index contributed by atoms with van der Waals surface area (Å²) in [5.41, 5.74) is 1.16. The molecule has 0 unspecified atom stereocenters. The van der Waals surface area contributed by atoms with Crippen molar-refractivity contribution >= 4 is 39.4 Å². The van der Waals surface area contributed by atoms with Crippen molar-refractivity contribution in [1.29, 1.82) is 0 Å². The summed E-state index contributed by atoms with van der Waals surface area (Å²) < 4.78 is 1.83. The summed E-state index contributed by atoms with van der Waals surface area (Å²) in [7, 11) is 0. The number of aromatic amines is 1. The molecule has 0 fully saturated rings. The van der Waals surface area contributed by atoms with E-state index in [1.807, 2.05) is 12.1 Å². The third kappa shape index (κ3) is 3.30. The smallest absolute Gasteiger partial charge is 0.335 e. The van der Waals surface area contributed by atoms with Gasteiger partial charge in [-0.3, -0.25) is 14.6 Å². The second kappa shape index (κ2) is 7.18. The average Bonchev–Trinajstić information content (AvgIpc) is 2.68. The summed E-state index contributed by atoms with van der Waals surface area (Å²) in [5.74, 6) is -0.823. The van der Waals surface area contributed by atoms with Crippen LogP contribution in [0.5, 0.6) is 5.88 Å². The minimum atomic E-state index is -0.772. The molecule has 0 radical (unpaired) electrons. The minimum absolute atomic E-state index is 0.166. The molecule has 29 heavy (non-hydrogen) atoms. The zero-order valence-corrected chi connectivity index (χ0v) is 16.9. The molecule has 2 aromatic carbocycles. The summed E-state index contributed by atoms with van der Waals surface area (Å²) in [6.45, 7) is 1.78. The average molecular weight is 451 g/mol. The third-order valence-electron chi connectivity index (χ3n) is 4.74. The van der Waals surface area contributed by atoms with Gasteiger partial charge in [-0.25, -0.2) is 9.36 Å². The topological polar surface area (TPSA) is 92.2 Å². The number of nitrogens with one attached hydrogen (secondary N) is 1. The third-order valence-corrected chi connectivity index (χ3v) is 5.23. The molecule has 0 spiro atoms. The van der Waals surface area contributed by atoms with Gasteiger partial charge in [0.1, 0.15) is 5.56 Å². The Morgan fingerprint density at radius 1 is 1.07 bits per heavy atom. The molecular formula is C22H15BrN2O4. The van der Waals surface area contributed by atoms with Gasteiger partial charge in [-0.1, -0.05) is 46.3 Å². The quantitative estimate of drug-likeness (QED) is 0.584. The van der Waals surface area contributed by atoms with Crippen LogP contribution >= 0.6 is 15.9 Å². The van der Waals surface area contributed by atoms with Gasteiger partial charge in [0.25, 0.3) is 5.56 Å². The zero-order valence-electron chi connectivity index (χ0n) is 15.3. The fraction of sp³-hybridized carbons (Fsp3) is 0.0455. The molecule has 7 heteroatoms. The number of aryl methyl sites for hydroxylation is 1. The first kappa shape index (κ1) is 18.9. The van der Waals surface area contributed by atoms with Gasteiger partial charge in [-0.2, -0.15) is 0 Å². The van der Waals surface area contributed by atoms with Gasteiger partial charge < -0.3 is 5.11 Å². The van der Waals surface area contributed by atoms with Crippen LogP contribution in [0.25, 0.3) is 23.4 Å². The van der Waals surface area contributed by atoms with Crippen molar-refractivity contribution in [1.82, 2.24) is 9.55 Å². The number of benzene rings is 2. The predicted octanol–water partition coefficient (Wildman–Crippen LogP) is 3.44. The van der Waals surface area contributed by atoms with Gasteiger partial charge in [0.05, 0.1) is 5.69 Å². The summed E-state index contributed by atoms with van der Waals surface area (Å²) in [6, 6.07) is 12.4. The highest BCUT2D eigenvalue weighted by molar-refractivity contribution is 9.10. The lowest BCUT2D eigenvalue weighted by molar-refractivity contribution is -0.109. The first-order chi connectivity index (χ1) is 13.9. The molecule has 0 bridgehead atoms. The van der Waals surface area contributed by atoms with Crippen molar-refractivity contribution < 1.29 is 9.90 Å². The fourth-order valence-corrected chi connectivity index (χ4v) is 3.81. The van der Waals surface area contributed by atoms with E-state index in [0.717, 1.165) is 14.6 Å². The number of aromatic nitrogens is 2. The van der Waals surface area contributed by atoms with Crippen LogP contribution in [-0.2, 0) is 4.79 Å². The van der Waals surface area contributed by atoms with E-state index in [4.69, 9.17) is 0 Å². The van der Waals surface area contributed by atoms with E-state index in [9.17, 15) is 19.5 Å². The number of aromatic hydroxyl groups is 1. The van der Waals surface area contributed by atoms with Gasteiger partial charge >= 0.3 is 5.69 Å². The van der Waals surface area contributed by atoms with E-state index in [1.165, 1.54) is 12.2 Å². The van der Waals surface area contributed by atoms with Gasteiger partial charge in [-0.05, 0) is 54.0 Å². The number of hydrogen-bond acceptors (Lipinski definition) is 4. The Kier molecular flexibility index (Phi) is 4.68. The summed E-state index contributed by atoms with van der Waals surface area (Å²) >= 11 is 3.36. The molecule has 144 valence electrons. The highest BCUT2D eigenvalue weighted by Crippen LogP contribution is 2.30. The zero-order chi connectivity index (χ0) is 20.7. The van der Waals surface area contributed by atoms with Crippen molar-refractivity contribution in [3.05, 3.63) is 96.1 Å². The van der Waals surface area contributed by atoms with Crippen molar-refractivity contribution in [2.75, 3.05) is 0 Å². The maximum absolute atomic E-state index is 12.5. The van der Waals surface area contributed by atoms with Crippen LogP contribution in [0.4, 0.5) is 0 Å². The first-order valence-corrected chi connectivity index (χ1v) is 9.54. The number of nitrogens with zero attached hydrogens (tertiary/aromatic N) is 1. The van der Waals surface area contributed by atoms with Crippen LogP contribution in [0.15, 0.2) is 62.6 Å². The van der Waals surface area contributed by atoms with Crippen LogP contribution in [0.3, 0.4) is 0 Å². The molecular weight excluding hydrogens is 436 g/mol. The lowest BCUT2D eigenvalue weighted by Crippen LogP contribution is -2.31. The lowest BCUT2D eigenvalue weighted by Gasteiger charge is -2.15. The number of fused-ring (bicyclic) bond motifs is 1. The Balaban J connectivity index is 1.98. The number of rotatable bonds is 2. The molecule has 1 aliphatic rings. The van der Waals surface area contributed by atoms with Gasteiger partial charge in [0, 0.05) is 10.0 Å². The monoisotopic (exact) mass is 450 g/mol. The number of H-pyrrole nitrogens is 1. The predicted molar refractivity (Wildman–Crippen MR) is 115 cm³/mol. The van der Waals surface area contributed by atoms with E-state index in [2.05, 4.69) is 20.9 Å². The SMILES string of the molecule is Cc1cc(Br)ccc1-n1c(O)c(C=C2C(=O)C=Cc3ccccc32)c(=O)[nH]c1=O. The normalized spacial score (nSPS) is 14.3. The molecule has 4 rings (SSSR count). The van der Waals surface area contributed by atoms with Crippen LogP contribution in [-0.4, -0.2) is 20.4 Å².